The molecule has 1 saturated heterocycles. The largest absolute Gasteiger partial charge is 0.481 e. The zero-order valence-corrected chi connectivity index (χ0v) is 12.6. The molecule has 0 bridgehead atoms. The number of hydrogen-bond donors (Lipinski definition) is 6. The second-order valence-corrected chi connectivity index (χ2v) is 5.88. The fourth-order valence-corrected chi connectivity index (χ4v) is 2.75. The molecule has 0 aromatic carbocycles. The quantitative estimate of drug-likeness (QED) is 0.257. The van der Waals surface area contributed by atoms with Crippen LogP contribution in [-0.4, -0.2) is 74.8 Å². The van der Waals surface area contributed by atoms with Gasteiger partial charge in [0.25, 0.3) is 0 Å². The maximum Gasteiger partial charge on any atom is 0.451 e. The molecule has 1 heterocycles. The van der Waals surface area contributed by atoms with Crippen molar-refractivity contribution in [1.82, 2.24) is 4.90 Å². The highest BCUT2D eigenvalue weighted by Gasteiger charge is 2.51. The van der Waals surface area contributed by atoms with Crippen molar-refractivity contribution in [3.63, 3.8) is 0 Å². The van der Waals surface area contributed by atoms with Gasteiger partial charge in [0.15, 0.2) is 0 Å². The Morgan fingerprint density at radius 3 is 2.39 bits per heavy atom. The molecule has 0 unspecified atom stereocenters. The summed E-state index contributed by atoms with van der Waals surface area (Å²) >= 11 is 0. The van der Waals surface area contributed by atoms with E-state index in [2.05, 4.69) is 0 Å². The third-order valence-electron chi connectivity index (χ3n) is 4.06. The first-order valence-corrected chi connectivity index (χ1v) is 7.22. The van der Waals surface area contributed by atoms with Crippen LogP contribution in [0.15, 0.2) is 0 Å². The summed E-state index contributed by atoms with van der Waals surface area (Å²) in [4.78, 5) is 35.4. The summed E-state index contributed by atoms with van der Waals surface area (Å²) in [6, 6.07) is -1.26. The molecule has 1 amide bonds. The second kappa shape index (κ2) is 7.73. The third-order valence-corrected chi connectivity index (χ3v) is 4.06. The van der Waals surface area contributed by atoms with Gasteiger partial charge in [0.1, 0.15) is 5.54 Å². The van der Waals surface area contributed by atoms with Gasteiger partial charge in [-0.15, -0.1) is 0 Å². The van der Waals surface area contributed by atoms with Crippen molar-refractivity contribution >= 4 is 25.0 Å². The molecule has 23 heavy (non-hydrogen) atoms. The molecule has 10 nitrogen and oxygen atoms in total. The molecule has 0 aromatic heterocycles. The van der Waals surface area contributed by atoms with Gasteiger partial charge < -0.3 is 36.6 Å². The van der Waals surface area contributed by atoms with Crippen LogP contribution in [0.4, 0.5) is 0 Å². The van der Waals surface area contributed by atoms with E-state index in [0.29, 0.717) is 12.8 Å². The van der Waals surface area contributed by atoms with Crippen molar-refractivity contribution in [1.29, 1.82) is 0 Å². The molecule has 0 spiro atoms. The molecule has 1 aliphatic rings. The summed E-state index contributed by atoms with van der Waals surface area (Å²) in [6.07, 6.45) is 0.135. The molecule has 130 valence electrons. The molecule has 8 N–H and O–H groups in total. The van der Waals surface area contributed by atoms with E-state index in [9.17, 15) is 19.5 Å². The second-order valence-electron chi connectivity index (χ2n) is 5.88. The van der Waals surface area contributed by atoms with Crippen molar-refractivity contribution < 1.29 is 34.6 Å². The topological polar surface area (TPSA) is 187 Å². The first-order chi connectivity index (χ1) is 10.6. The molecule has 0 aliphatic carbocycles. The molecule has 0 aromatic rings. The minimum atomic E-state index is -1.67. The Balaban J connectivity index is 2.77. The van der Waals surface area contributed by atoms with Crippen LogP contribution in [0.25, 0.3) is 0 Å². The van der Waals surface area contributed by atoms with E-state index in [1.54, 1.807) is 0 Å². The number of carboxylic acid groups (broad SMARTS) is 2. The molecular formula is C12H22BN3O7. The Labute approximate surface area is 133 Å². The van der Waals surface area contributed by atoms with Crippen LogP contribution in [0.1, 0.15) is 19.3 Å². The molecule has 1 fully saturated rings. The van der Waals surface area contributed by atoms with Crippen LogP contribution in [0.5, 0.6) is 0 Å². The van der Waals surface area contributed by atoms with Crippen LogP contribution in [0.2, 0.25) is 6.32 Å². The monoisotopic (exact) mass is 331 g/mol. The molecule has 3 atom stereocenters. The summed E-state index contributed by atoms with van der Waals surface area (Å²) in [6.45, 7) is -0.225. The van der Waals surface area contributed by atoms with Crippen molar-refractivity contribution in [2.45, 2.75) is 37.2 Å². The van der Waals surface area contributed by atoms with Gasteiger partial charge >= 0.3 is 19.1 Å². The van der Waals surface area contributed by atoms with Gasteiger partial charge in [0.2, 0.25) is 5.91 Å². The Morgan fingerprint density at radius 1 is 1.30 bits per heavy atom. The average Bonchev–Trinajstić information content (AvgIpc) is 2.75. The van der Waals surface area contributed by atoms with E-state index in [1.807, 2.05) is 0 Å². The van der Waals surface area contributed by atoms with Crippen LogP contribution >= 0.6 is 0 Å². The highest BCUT2D eigenvalue weighted by Crippen LogP contribution is 2.31. The van der Waals surface area contributed by atoms with Gasteiger partial charge in [-0.2, -0.15) is 0 Å². The van der Waals surface area contributed by atoms with Crippen molar-refractivity contribution in [2.75, 3.05) is 13.1 Å². The maximum absolute atomic E-state index is 12.1. The van der Waals surface area contributed by atoms with Gasteiger partial charge in [-0.05, 0) is 12.7 Å². The Hall–Kier alpha value is -1.69. The summed E-state index contributed by atoms with van der Waals surface area (Å²) in [5.41, 5.74) is 9.77. The van der Waals surface area contributed by atoms with E-state index in [4.69, 9.17) is 26.6 Å². The lowest BCUT2D eigenvalue weighted by Crippen LogP contribution is -2.55. The molecule has 1 aliphatic heterocycles. The number of carboxylic acids is 2. The summed E-state index contributed by atoms with van der Waals surface area (Å²) in [5.74, 6) is -3.74. The number of nitrogens with two attached hydrogens (primary N) is 2. The van der Waals surface area contributed by atoms with Crippen LogP contribution in [-0.2, 0) is 14.4 Å². The Morgan fingerprint density at radius 2 is 1.91 bits per heavy atom. The van der Waals surface area contributed by atoms with E-state index in [1.165, 1.54) is 4.90 Å². The predicted molar refractivity (Wildman–Crippen MR) is 79.1 cm³/mol. The van der Waals surface area contributed by atoms with E-state index < -0.39 is 48.9 Å². The average molecular weight is 331 g/mol. The van der Waals surface area contributed by atoms with Crippen LogP contribution < -0.4 is 11.5 Å². The number of rotatable bonds is 8. The molecule has 0 radical (unpaired) electrons. The van der Waals surface area contributed by atoms with E-state index in [-0.39, 0.29) is 19.4 Å². The standard InChI is InChI=1S/C12H22BN3O7/c14-8(4-9(17)18)10(19)16-5-7(2-1-3-13(22)23)12(15,6-16)11(20)21/h7-8,22-23H,1-6,14-15H2,(H,17,18)(H,20,21)/t7-,8-,12-/m0/s1. The predicted octanol–water partition coefficient (Wildman–Crippen LogP) is -2.72. The smallest absolute Gasteiger partial charge is 0.451 e. The minimum absolute atomic E-state index is 0.0382. The SMILES string of the molecule is N[C@@H](CC(=O)O)C(=O)N1C[C@H](CCCB(O)O)[C@](N)(C(=O)O)C1. The molecular weight excluding hydrogens is 309 g/mol. The van der Waals surface area contributed by atoms with E-state index >= 15 is 0 Å². The Kier molecular flexibility index (Phi) is 6.51. The van der Waals surface area contributed by atoms with Crippen molar-refractivity contribution in [2.24, 2.45) is 17.4 Å². The maximum atomic E-state index is 12.1. The molecule has 11 heteroatoms. The lowest BCUT2D eigenvalue weighted by atomic mass is 9.78. The summed E-state index contributed by atoms with van der Waals surface area (Å²) < 4.78 is 0. The van der Waals surface area contributed by atoms with Gasteiger partial charge in [-0.1, -0.05) is 6.42 Å². The number of carbonyl (C=O) groups excluding carboxylic acids is 1. The highest BCUT2D eigenvalue weighted by molar-refractivity contribution is 6.40. The lowest BCUT2D eigenvalue weighted by molar-refractivity contribution is -0.145. The first-order valence-electron chi connectivity index (χ1n) is 7.22. The minimum Gasteiger partial charge on any atom is -0.481 e. The Bertz CT molecular complexity index is 476. The normalized spacial score (nSPS) is 25.2. The zero-order chi connectivity index (χ0) is 17.8. The number of carbonyl (C=O) groups is 3. The van der Waals surface area contributed by atoms with Gasteiger partial charge in [0.05, 0.1) is 12.5 Å². The van der Waals surface area contributed by atoms with Crippen LogP contribution in [0, 0.1) is 5.92 Å². The number of nitrogens with zero attached hydrogens (tertiary/aromatic N) is 1. The fraction of sp³-hybridized carbons (Fsp3) is 0.750. The van der Waals surface area contributed by atoms with E-state index in [0.717, 1.165) is 0 Å². The van der Waals surface area contributed by atoms with Crippen molar-refractivity contribution in [3.05, 3.63) is 0 Å². The van der Waals surface area contributed by atoms with Gasteiger partial charge in [-0.25, -0.2) is 0 Å². The highest BCUT2D eigenvalue weighted by atomic mass is 16.4. The van der Waals surface area contributed by atoms with Crippen molar-refractivity contribution in [3.8, 4) is 0 Å². The summed E-state index contributed by atoms with van der Waals surface area (Å²) in [7, 11) is -1.49. The lowest BCUT2D eigenvalue weighted by Gasteiger charge is -2.25. The number of likely N-dealkylation sites (tertiary alicyclic amines) is 1. The molecule has 0 saturated carbocycles. The number of amides is 1. The first kappa shape index (κ1) is 19.4. The van der Waals surface area contributed by atoms with Crippen LogP contribution in [0.3, 0.4) is 0 Å². The van der Waals surface area contributed by atoms with Gasteiger partial charge in [-0.3, -0.25) is 14.4 Å². The number of hydrogen-bond acceptors (Lipinski definition) is 7. The molecule has 1 rings (SSSR count). The summed E-state index contributed by atoms with van der Waals surface area (Å²) in [5, 5.41) is 35.7. The number of aliphatic carboxylic acids is 2. The van der Waals surface area contributed by atoms with Gasteiger partial charge in [0, 0.05) is 19.0 Å². The third kappa shape index (κ3) is 4.89. The zero-order valence-electron chi connectivity index (χ0n) is 12.6. The fourth-order valence-electron chi connectivity index (χ4n) is 2.75.